The van der Waals surface area contributed by atoms with Crippen LogP contribution in [0.3, 0.4) is 0 Å². The number of nitrogens with one attached hydrogen (secondary N) is 1. The van der Waals surface area contributed by atoms with E-state index in [2.05, 4.69) is 9.82 Å². The van der Waals surface area contributed by atoms with E-state index in [1.807, 2.05) is 42.5 Å². The van der Waals surface area contributed by atoms with Crippen molar-refractivity contribution >= 4 is 15.7 Å². The highest BCUT2D eigenvalue weighted by molar-refractivity contribution is 7.92. The lowest BCUT2D eigenvalue weighted by molar-refractivity contribution is 0.00401. The third-order valence-corrected chi connectivity index (χ3v) is 6.22. The molecule has 0 radical (unpaired) electrons. The molecule has 1 unspecified atom stereocenters. The van der Waals surface area contributed by atoms with Crippen molar-refractivity contribution in [3.8, 4) is 11.1 Å². The van der Waals surface area contributed by atoms with E-state index < -0.39 is 10.0 Å². The fourth-order valence-electron chi connectivity index (χ4n) is 3.35. The zero-order valence-electron chi connectivity index (χ0n) is 15.5. The average molecular weight is 398 g/mol. The summed E-state index contributed by atoms with van der Waals surface area (Å²) in [6.45, 7) is 1.41. The van der Waals surface area contributed by atoms with E-state index >= 15 is 0 Å². The van der Waals surface area contributed by atoms with Crippen LogP contribution >= 0.6 is 0 Å². The third kappa shape index (κ3) is 4.43. The van der Waals surface area contributed by atoms with E-state index in [1.54, 1.807) is 23.0 Å². The van der Waals surface area contributed by atoms with Crippen molar-refractivity contribution < 1.29 is 13.2 Å². The zero-order valence-corrected chi connectivity index (χ0v) is 16.3. The molecule has 0 saturated carbocycles. The Morgan fingerprint density at radius 3 is 2.50 bits per heavy atom. The van der Waals surface area contributed by atoms with E-state index in [4.69, 9.17) is 4.74 Å². The Bertz CT molecular complexity index is 1010. The summed E-state index contributed by atoms with van der Waals surface area (Å²) >= 11 is 0. The van der Waals surface area contributed by atoms with Gasteiger partial charge in [0.2, 0.25) is 0 Å². The highest BCUT2D eigenvalue weighted by Crippen LogP contribution is 2.22. The molecule has 7 heteroatoms. The maximum Gasteiger partial charge on any atom is 0.261 e. The van der Waals surface area contributed by atoms with Gasteiger partial charge in [0.05, 0.1) is 29.4 Å². The summed E-state index contributed by atoms with van der Waals surface area (Å²) in [5.74, 6) is 0. The largest absolute Gasteiger partial charge is 0.376 e. The first-order valence-electron chi connectivity index (χ1n) is 9.42. The number of hydrogen-bond donors (Lipinski definition) is 1. The fraction of sp³-hybridized carbons (Fsp3) is 0.286. The Labute approximate surface area is 165 Å². The molecule has 3 aromatic rings. The molecule has 146 valence electrons. The summed E-state index contributed by atoms with van der Waals surface area (Å²) < 4.78 is 35.4. The molecule has 1 N–H and O–H groups in total. The SMILES string of the molecule is O=S(=O)(Nc1cnn(CC2CCCCO2)c1)c1ccc(-c2ccccc2)cc1. The number of aromatic nitrogens is 2. The molecule has 1 saturated heterocycles. The lowest BCUT2D eigenvalue weighted by Crippen LogP contribution is -2.24. The summed E-state index contributed by atoms with van der Waals surface area (Å²) in [5.41, 5.74) is 2.47. The van der Waals surface area contributed by atoms with Gasteiger partial charge in [-0.2, -0.15) is 5.10 Å². The molecule has 1 aliphatic rings. The summed E-state index contributed by atoms with van der Waals surface area (Å²) in [4.78, 5) is 0.218. The second kappa shape index (κ2) is 8.16. The molecule has 0 bridgehead atoms. The Balaban J connectivity index is 1.44. The number of sulfonamides is 1. The fourth-order valence-corrected chi connectivity index (χ4v) is 4.38. The zero-order chi connectivity index (χ0) is 19.4. The standard InChI is InChI=1S/C21H23N3O3S/c25-28(26,21-11-9-18(10-12-21)17-6-2-1-3-7-17)23-19-14-22-24(15-19)16-20-8-4-5-13-27-20/h1-3,6-7,9-12,14-15,20,23H,4-5,8,13,16H2. The average Bonchev–Trinajstić information content (AvgIpc) is 3.15. The Hall–Kier alpha value is -2.64. The van der Waals surface area contributed by atoms with Crippen LogP contribution in [0.25, 0.3) is 11.1 Å². The molecule has 2 aromatic carbocycles. The van der Waals surface area contributed by atoms with Crippen molar-refractivity contribution in [1.29, 1.82) is 0 Å². The lowest BCUT2D eigenvalue weighted by Gasteiger charge is -2.22. The maximum atomic E-state index is 12.7. The van der Waals surface area contributed by atoms with E-state index in [0.29, 0.717) is 12.2 Å². The van der Waals surface area contributed by atoms with Gasteiger partial charge in [-0.15, -0.1) is 0 Å². The quantitative estimate of drug-likeness (QED) is 0.684. The molecule has 2 heterocycles. The van der Waals surface area contributed by atoms with Crippen molar-refractivity contribution in [3.63, 3.8) is 0 Å². The van der Waals surface area contributed by atoms with Gasteiger partial charge in [-0.25, -0.2) is 8.42 Å². The molecule has 0 aliphatic carbocycles. The van der Waals surface area contributed by atoms with Gasteiger partial charge in [-0.05, 0) is 42.5 Å². The molecule has 1 atom stereocenters. The minimum Gasteiger partial charge on any atom is -0.376 e. The second-order valence-electron chi connectivity index (χ2n) is 6.94. The number of hydrogen-bond acceptors (Lipinski definition) is 4. The maximum absolute atomic E-state index is 12.7. The van der Waals surface area contributed by atoms with Crippen molar-refractivity contribution in [2.75, 3.05) is 11.3 Å². The normalized spacial score (nSPS) is 17.4. The molecule has 1 fully saturated rings. The van der Waals surface area contributed by atoms with E-state index in [-0.39, 0.29) is 11.0 Å². The molecule has 6 nitrogen and oxygen atoms in total. The van der Waals surface area contributed by atoms with Gasteiger partial charge in [0, 0.05) is 12.8 Å². The first-order valence-corrected chi connectivity index (χ1v) is 10.9. The summed E-state index contributed by atoms with van der Waals surface area (Å²) in [6.07, 6.45) is 6.64. The highest BCUT2D eigenvalue weighted by Gasteiger charge is 2.17. The smallest absolute Gasteiger partial charge is 0.261 e. The number of benzene rings is 2. The summed E-state index contributed by atoms with van der Waals surface area (Å²) in [7, 11) is -3.67. The van der Waals surface area contributed by atoms with Crippen molar-refractivity contribution in [2.45, 2.75) is 36.8 Å². The molecular weight excluding hydrogens is 374 g/mol. The van der Waals surface area contributed by atoms with Crippen LogP contribution in [0.4, 0.5) is 5.69 Å². The molecule has 0 spiro atoms. The summed E-state index contributed by atoms with van der Waals surface area (Å²) in [6, 6.07) is 16.7. The van der Waals surface area contributed by atoms with Crippen LogP contribution in [0.2, 0.25) is 0 Å². The monoisotopic (exact) mass is 397 g/mol. The van der Waals surface area contributed by atoms with Crippen LogP contribution in [0, 0.1) is 0 Å². The van der Waals surface area contributed by atoms with Crippen molar-refractivity contribution in [2.24, 2.45) is 0 Å². The number of anilines is 1. The Kier molecular flexibility index (Phi) is 5.45. The lowest BCUT2D eigenvalue weighted by atomic mass is 10.1. The predicted molar refractivity (Wildman–Crippen MR) is 109 cm³/mol. The second-order valence-corrected chi connectivity index (χ2v) is 8.62. The number of rotatable bonds is 6. The molecule has 1 aliphatic heterocycles. The van der Waals surface area contributed by atoms with Crippen LogP contribution in [0.1, 0.15) is 19.3 Å². The number of ether oxygens (including phenoxy) is 1. The van der Waals surface area contributed by atoms with Crippen LogP contribution in [-0.4, -0.2) is 30.9 Å². The molecule has 1 aromatic heterocycles. The van der Waals surface area contributed by atoms with E-state index in [9.17, 15) is 8.42 Å². The molecule has 28 heavy (non-hydrogen) atoms. The van der Waals surface area contributed by atoms with Crippen LogP contribution < -0.4 is 4.72 Å². The first-order chi connectivity index (χ1) is 13.6. The van der Waals surface area contributed by atoms with Crippen LogP contribution in [0.15, 0.2) is 71.9 Å². The Morgan fingerprint density at radius 2 is 1.79 bits per heavy atom. The third-order valence-electron chi connectivity index (χ3n) is 4.82. The van der Waals surface area contributed by atoms with E-state index in [1.165, 1.54) is 6.20 Å². The van der Waals surface area contributed by atoms with Crippen LogP contribution in [-0.2, 0) is 21.3 Å². The first kappa shape index (κ1) is 18.7. The predicted octanol–water partition coefficient (Wildman–Crippen LogP) is 3.92. The van der Waals surface area contributed by atoms with Gasteiger partial charge >= 0.3 is 0 Å². The highest BCUT2D eigenvalue weighted by atomic mass is 32.2. The topological polar surface area (TPSA) is 73.2 Å². The van der Waals surface area contributed by atoms with Gasteiger partial charge in [0.25, 0.3) is 10.0 Å². The minimum absolute atomic E-state index is 0.142. The molecular formula is C21H23N3O3S. The van der Waals surface area contributed by atoms with Crippen molar-refractivity contribution in [3.05, 3.63) is 67.0 Å². The summed E-state index contributed by atoms with van der Waals surface area (Å²) in [5, 5.41) is 4.25. The van der Waals surface area contributed by atoms with Gasteiger partial charge < -0.3 is 4.74 Å². The number of nitrogens with zero attached hydrogens (tertiary/aromatic N) is 2. The minimum atomic E-state index is -3.67. The van der Waals surface area contributed by atoms with Gasteiger partial charge in [0.1, 0.15) is 0 Å². The van der Waals surface area contributed by atoms with Gasteiger partial charge in [-0.3, -0.25) is 9.40 Å². The van der Waals surface area contributed by atoms with E-state index in [0.717, 1.165) is 37.0 Å². The Morgan fingerprint density at radius 1 is 1.04 bits per heavy atom. The van der Waals surface area contributed by atoms with Gasteiger partial charge in [-0.1, -0.05) is 42.5 Å². The van der Waals surface area contributed by atoms with Crippen LogP contribution in [0.5, 0.6) is 0 Å². The van der Waals surface area contributed by atoms with Crippen molar-refractivity contribution in [1.82, 2.24) is 9.78 Å². The van der Waals surface area contributed by atoms with Gasteiger partial charge in [0.15, 0.2) is 0 Å². The molecule has 0 amide bonds. The molecule has 4 rings (SSSR count).